The molecule has 0 fully saturated rings. The number of methoxy groups -OCH3 is 3. The molecule has 4 nitrogen and oxygen atoms in total. The van der Waals surface area contributed by atoms with Gasteiger partial charge in [0.25, 0.3) is 0 Å². The molecule has 0 spiro atoms. The van der Waals surface area contributed by atoms with E-state index >= 15 is 0 Å². The van der Waals surface area contributed by atoms with Crippen molar-refractivity contribution in [2.75, 3.05) is 34.4 Å². The Morgan fingerprint density at radius 1 is 0.800 bits per heavy atom. The second-order valence-electron chi connectivity index (χ2n) is 6.76. The minimum atomic E-state index is 0.260. The molecule has 0 saturated heterocycles. The summed E-state index contributed by atoms with van der Waals surface area (Å²) in [6.07, 6.45) is 3.36. The van der Waals surface area contributed by atoms with Gasteiger partial charge in [-0.3, -0.25) is 4.90 Å². The normalized spacial score (nSPS) is 19.2. The van der Waals surface area contributed by atoms with Crippen LogP contribution in [0.15, 0.2) is 30.3 Å². The zero-order chi connectivity index (χ0) is 17.4. The number of hydrogen-bond donors (Lipinski definition) is 0. The Morgan fingerprint density at radius 2 is 1.56 bits per heavy atom. The number of ether oxygens (including phenoxy) is 3. The molecule has 0 aliphatic carbocycles. The van der Waals surface area contributed by atoms with Crippen molar-refractivity contribution in [1.82, 2.24) is 4.90 Å². The van der Waals surface area contributed by atoms with Crippen LogP contribution in [-0.4, -0.2) is 39.3 Å². The van der Waals surface area contributed by atoms with Gasteiger partial charge in [0.15, 0.2) is 11.5 Å². The summed E-state index contributed by atoms with van der Waals surface area (Å²) in [5.74, 6) is 2.54. The molecule has 25 heavy (non-hydrogen) atoms. The Labute approximate surface area is 149 Å². The maximum Gasteiger partial charge on any atom is 0.161 e. The smallest absolute Gasteiger partial charge is 0.161 e. The lowest BCUT2D eigenvalue weighted by atomic mass is 9.86. The molecule has 0 unspecified atom stereocenters. The first-order valence-corrected chi connectivity index (χ1v) is 8.90. The number of fused-ring (bicyclic) bond motifs is 5. The lowest BCUT2D eigenvalue weighted by molar-refractivity contribution is 0.216. The molecule has 2 aliphatic heterocycles. The highest BCUT2D eigenvalue weighted by atomic mass is 16.5. The summed E-state index contributed by atoms with van der Waals surface area (Å²) in [6.45, 7) is 2.19. The van der Waals surface area contributed by atoms with E-state index in [9.17, 15) is 0 Å². The minimum Gasteiger partial charge on any atom is -0.497 e. The maximum atomic E-state index is 5.58. The van der Waals surface area contributed by atoms with Gasteiger partial charge in [0, 0.05) is 6.54 Å². The molecule has 0 saturated carbocycles. The first-order chi connectivity index (χ1) is 12.2. The minimum absolute atomic E-state index is 0.260. The molecule has 2 aliphatic rings. The summed E-state index contributed by atoms with van der Waals surface area (Å²) < 4.78 is 16.6. The van der Waals surface area contributed by atoms with Crippen molar-refractivity contribution in [3.63, 3.8) is 0 Å². The van der Waals surface area contributed by atoms with Crippen LogP contribution in [0.25, 0.3) is 0 Å². The summed E-state index contributed by atoms with van der Waals surface area (Å²) in [4.78, 5) is 2.60. The Kier molecular flexibility index (Phi) is 4.30. The van der Waals surface area contributed by atoms with Gasteiger partial charge < -0.3 is 14.2 Å². The van der Waals surface area contributed by atoms with Gasteiger partial charge in [0.2, 0.25) is 0 Å². The van der Waals surface area contributed by atoms with Crippen LogP contribution in [0, 0.1) is 0 Å². The lowest BCUT2D eigenvalue weighted by Gasteiger charge is -2.37. The topological polar surface area (TPSA) is 30.9 Å². The van der Waals surface area contributed by atoms with Crippen LogP contribution in [0.5, 0.6) is 17.2 Å². The van der Waals surface area contributed by atoms with Gasteiger partial charge in [-0.1, -0.05) is 6.07 Å². The molecule has 0 bridgehead atoms. The zero-order valence-electron chi connectivity index (χ0n) is 15.2. The molecule has 0 N–H and O–H groups in total. The van der Waals surface area contributed by atoms with Gasteiger partial charge in [0.05, 0.1) is 27.4 Å². The van der Waals surface area contributed by atoms with Crippen molar-refractivity contribution in [2.24, 2.45) is 0 Å². The molecular weight excluding hydrogens is 314 g/mol. The van der Waals surface area contributed by atoms with Crippen molar-refractivity contribution < 1.29 is 14.2 Å². The average molecular weight is 339 g/mol. The first kappa shape index (κ1) is 16.3. The maximum absolute atomic E-state index is 5.58. The fraction of sp³-hybridized carbons (Fsp3) is 0.429. The molecular formula is C21H25NO3. The van der Waals surface area contributed by atoms with Crippen LogP contribution in [0.2, 0.25) is 0 Å². The second-order valence-corrected chi connectivity index (χ2v) is 6.76. The Bertz CT molecular complexity index is 787. The van der Waals surface area contributed by atoms with Gasteiger partial charge in [-0.25, -0.2) is 0 Å². The quantitative estimate of drug-likeness (QED) is 0.855. The molecule has 2 heterocycles. The first-order valence-electron chi connectivity index (χ1n) is 8.90. The highest BCUT2D eigenvalue weighted by Crippen LogP contribution is 2.43. The number of rotatable bonds is 3. The highest BCUT2D eigenvalue weighted by molar-refractivity contribution is 5.53. The molecule has 0 amide bonds. The second kappa shape index (κ2) is 6.60. The Balaban J connectivity index is 1.90. The molecule has 2 aromatic rings. The number of hydrogen-bond acceptors (Lipinski definition) is 4. The summed E-state index contributed by atoms with van der Waals surface area (Å²) in [5, 5.41) is 0. The van der Waals surface area contributed by atoms with E-state index in [1.165, 1.54) is 28.7 Å². The van der Waals surface area contributed by atoms with Gasteiger partial charge in [-0.15, -0.1) is 0 Å². The summed E-state index contributed by atoms with van der Waals surface area (Å²) >= 11 is 0. The van der Waals surface area contributed by atoms with Crippen LogP contribution in [0.3, 0.4) is 0 Å². The van der Waals surface area contributed by atoms with E-state index in [0.29, 0.717) is 0 Å². The van der Waals surface area contributed by atoms with Gasteiger partial charge in [-0.05, 0) is 72.3 Å². The van der Waals surface area contributed by atoms with Crippen molar-refractivity contribution in [3.05, 3.63) is 52.6 Å². The third kappa shape index (κ3) is 2.74. The van der Waals surface area contributed by atoms with E-state index in [1.54, 1.807) is 21.3 Å². The molecule has 1 atom stereocenters. The molecule has 132 valence electrons. The van der Waals surface area contributed by atoms with E-state index in [-0.39, 0.29) is 6.04 Å². The zero-order valence-corrected chi connectivity index (χ0v) is 15.2. The van der Waals surface area contributed by atoms with Crippen LogP contribution in [0.1, 0.15) is 34.7 Å². The lowest BCUT2D eigenvalue weighted by Crippen LogP contribution is -2.36. The Morgan fingerprint density at radius 3 is 2.32 bits per heavy atom. The van der Waals surface area contributed by atoms with E-state index in [4.69, 9.17) is 14.2 Å². The fourth-order valence-corrected chi connectivity index (χ4v) is 4.26. The number of nitrogens with zero attached hydrogens (tertiary/aromatic N) is 1. The van der Waals surface area contributed by atoms with E-state index in [1.807, 2.05) is 0 Å². The summed E-state index contributed by atoms with van der Waals surface area (Å²) in [5.41, 5.74) is 5.48. The van der Waals surface area contributed by atoms with Gasteiger partial charge in [0.1, 0.15) is 5.75 Å². The van der Waals surface area contributed by atoms with Crippen LogP contribution in [0.4, 0.5) is 0 Å². The van der Waals surface area contributed by atoms with Gasteiger partial charge in [-0.2, -0.15) is 0 Å². The molecule has 0 aromatic heterocycles. The number of aryl methyl sites for hydroxylation is 1. The Hall–Kier alpha value is -2.20. The van der Waals surface area contributed by atoms with Crippen molar-refractivity contribution in [2.45, 2.75) is 25.3 Å². The summed E-state index contributed by atoms with van der Waals surface area (Å²) in [6, 6.07) is 11.1. The van der Waals surface area contributed by atoms with E-state index < -0.39 is 0 Å². The SMILES string of the molecule is COc1ccc2c(c1)[C@@H]1c3cc(OC)c(OC)cc3CCN1CCC2. The monoisotopic (exact) mass is 339 g/mol. The predicted octanol–water partition coefficient (Wildman–Crippen LogP) is 3.61. The molecule has 4 rings (SSSR count). The average Bonchev–Trinajstić information content (AvgIpc) is 2.85. The predicted molar refractivity (Wildman–Crippen MR) is 98.0 cm³/mol. The van der Waals surface area contributed by atoms with Crippen LogP contribution >= 0.6 is 0 Å². The number of benzene rings is 2. The third-order valence-electron chi connectivity index (χ3n) is 5.51. The standard InChI is InChI=1S/C21H25NO3/c1-23-16-7-6-14-5-4-9-22-10-8-15-11-19(24-2)20(25-3)13-18(15)21(22)17(14)12-16/h6-7,11-13,21H,4-5,8-10H2,1-3H3/t21-/m1/s1. The molecule has 4 heteroatoms. The van der Waals surface area contributed by atoms with E-state index in [0.717, 1.165) is 43.2 Å². The van der Waals surface area contributed by atoms with Crippen LogP contribution in [-0.2, 0) is 12.8 Å². The van der Waals surface area contributed by atoms with Crippen molar-refractivity contribution >= 4 is 0 Å². The third-order valence-corrected chi connectivity index (χ3v) is 5.51. The molecule has 0 radical (unpaired) electrons. The van der Waals surface area contributed by atoms with E-state index in [2.05, 4.69) is 35.2 Å². The summed E-state index contributed by atoms with van der Waals surface area (Å²) in [7, 11) is 5.14. The molecule has 2 aromatic carbocycles. The highest BCUT2D eigenvalue weighted by Gasteiger charge is 2.33. The van der Waals surface area contributed by atoms with Crippen molar-refractivity contribution in [1.29, 1.82) is 0 Å². The van der Waals surface area contributed by atoms with Crippen molar-refractivity contribution in [3.8, 4) is 17.2 Å². The van der Waals surface area contributed by atoms with Gasteiger partial charge >= 0.3 is 0 Å². The fourth-order valence-electron chi connectivity index (χ4n) is 4.26. The largest absolute Gasteiger partial charge is 0.497 e. The van der Waals surface area contributed by atoms with Crippen LogP contribution < -0.4 is 14.2 Å².